The smallest absolute Gasteiger partial charge is 0.259 e. The highest BCUT2D eigenvalue weighted by molar-refractivity contribution is 7.22. The number of anilines is 1. The Morgan fingerprint density at radius 1 is 1.00 bits per heavy atom. The molecule has 1 aliphatic heterocycles. The minimum absolute atomic E-state index is 0.403. The molecule has 2 heterocycles. The Morgan fingerprint density at radius 3 is 2.26 bits per heavy atom. The topological polar surface area (TPSA) is 36.4 Å². The van der Waals surface area contributed by atoms with Crippen molar-refractivity contribution >= 4 is 32.6 Å². The summed E-state index contributed by atoms with van der Waals surface area (Å²) in [6.45, 7) is 6.09. The average Bonchev–Trinajstić information content (AvgIpc) is 3.11. The van der Waals surface area contributed by atoms with Crippen molar-refractivity contribution < 1.29 is 13.6 Å². The second-order valence-corrected chi connectivity index (χ2v) is 7.73. The summed E-state index contributed by atoms with van der Waals surface area (Å²) in [5, 5.41) is 0.923. The van der Waals surface area contributed by atoms with Crippen LogP contribution in [0.5, 0.6) is 0 Å². The minimum Gasteiger partial charge on any atom is -0.345 e. The molecule has 4 rings (SSSR count). The van der Waals surface area contributed by atoms with E-state index < -0.39 is 23.1 Å². The van der Waals surface area contributed by atoms with Crippen LogP contribution >= 0.6 is 11.3 Å². The molecule has 27 heavy (non-hydrogen) atoms. The van der Waals surface area contributed by atoms with Gasteiger partial charge in [-0.05, 0) is 37.1 Å². The van der Waals surface area contributed by atoms with Crippen LogP contribution in [0.15, 0.2) is 30.3 Å². The largest absolute Gasteiger partial charge is 0.345 e. The molecule has 1 saturated heterocycles. The molecule has 0 atom stereocenters. The van der Waals surface area contributed by atoms with E-state index in [1.165, 1.54) is 21.2 Å². The summed E-state index contributed by atoms with van der Waals surface area (Å²) in [5.41, 5.74) is 2.88. The molecule has 4 nitrogen and oxygen atoms in total. The number of benzene rings is 2. The normalized spacial score (nSPS) is 14.8. The molecule has 0 saturated carbocycles. The molecule has 0 radical (unpaired) electrons. The number of nitrogens with zero attached hydrogens (tertiary/aromatic N) is 3. The van der Waals surface area contributed by atoms with Crippen molar-refractivity contribution in [2.45, 2.75) is 13.8 Å². The molecule has 7 heteroatoms. The zero-order valence-corrected chi connectivity index (χ0v) is 15.9. The van der Waals surface area contributed by atoms with E-state index in [2.05, 4.69) is 24.0 Å². The maximum Gasteiger partial charge on any atom is 0.259 e. The van der Waals surface area contributed by atoms with Crippen molar-refractivity contribution in [3.63, 3.8) is 0 Å². The molecule has 1 fully saturated rings. The lowest BCUT2D eigenvalue weighted by Crippen LogP contribution is -2.49. The molecule has 0 unspecified atom stereocenters. The molecular formula is C20H19F2N3OS. The van der Waals surface area contributed by atoms with E-state index in [1.54, 1.807) is 11.3 Å². The van der Waals surface area contributed by atoms with Crippen LogP contribution in [-0.4, -0.2) is 42.0 Å². The van der Waals surface area contributed by atoms with Gasteiger partial charge in [-0.1, -0.05) is 29.5 Å². The lowest BCUT2D eigenvalue weighted by molar-refractivity contribution is 0.0737. The SMILES string of the molecule is Cc1ccc(C)c2sc(N3CCN(C(=O)c4c(F)cccc4F)CC3)nc12. The van der Waals surface area contributed by atoms with Gasteiger partial charge in [-0.3, -0.25) is 4.79 Å². The van der Waals surface area contributed by atoms with E-state index in [4.69, 9.17) is 4.98 Å². The monoisotopic (exact) mass is 387 g/mol. The maximum atomic E-state index is 13.9. The van der Waals surface area contributed by atoms with E-state index in [0.29, 0.717) is 26.2 Å². The molecule has 0 bridgehead atoms. The number of aryl methyl sites for hydroxylation is 2. The van der Waals surface area contributed by atoms with Crippen LogP contribution < -0.4 is 4.90 Å². The lowest BCUT2D eigenvalue weighted by Gasteiger charge is -2.34. The summed E-state index contributed by atoms with van der Waals surface area (Å²) in [4.78, 5) is 20.9. The third-order valence-corrected chi connectivity index (χ3v) is 6.20. The van der Waals surface area contributed by atoms with Crippen molar-refractivity contribution in [2.75, 3.05) is 31.1 Å². The quantitative estimate of drug-likeness (QED) is 0.663. The van der Waals surface area contributed by atoms with Crippen LogP contribution in [0.25, 0.3) is 10.2 Å². The summed E-state index contributed by atoms with van der Waals surface area (Å²) in [6.07, 6.45) is 0. The fraction of sp³-hybridized carbons (Fsp3) is 0.300. The highest BCUT2D eigenvalue weighted by Gasteiger charge is 2.27. The molecule has 1 amide bonds. The van der Waals surface area contributed by atoms with Gasteiger partial charge in [0.2, 0.25) is 0 Å². The average molecular weight is 387 g/mol. The molecule has 2 aromatic carbocycles. The van der Waals surface area contributed by atoms with E-state index in [0.717, 1.165) is 28.3 Å². The summed E-state index contributed by atoms with van der Waals surface area (Å²) in [6, 6.07) is 7.65. The number of thiazole rings is 1. The Hall–Kier alpha value is -2.54. The fourth-order valence-corrected chi connectivity index (χ4v) is 4.51. The van der Waals surface area contributed by atoms with Gasteiger partial charge in [0.15, 0.2) is 5.13 Å². The van der Waals surface area contributed by atoms with Crippen molar-refractivity contribution in [2.24, 2.45) is 0 Å². The van der Waals surface area contributed by atoms with Crippen molar-refractivity contribution in [3.8, 4) is 0 Å². The van der Waals surface area contributed by atoms with Gasteiger partial charge in [0.25, 0.3) is 5.91 Å². The van der Waals surface area contributed by atoms with Gasteiger partial charge < -0.3 is 9.80 Å². The Balaban J connectivity index is 1.52. The van der Waals surface area contributed by atoms with E-state index >= 15 is 0 Å². The number of aromatic nitrogens is 1. The highest BCUT2D eigenvalue weighted by atomic mass is 32.1. The number of hydrogen-bond acceptors (Lipinski definition) is 4. The van der Waals surface area contributed by atoms with E-state index in [-0.39, 0.29) is 0 Å². The number of amides is 1. The molecule has 3 aromatic rings. The van der Waals surface area contributed by atoms with Gasteiger partial charge in [0.1, 0.15) is 17.2 Å². The molecule has 0 N–H and O–H groups in total. The summed E-state index contributed by atoms with van der Waals surface area (Å²) < 4.78 is 28.9. The van der Waals surface area contributed by atoms with Gasteiger partial charge in [-0.25, -0.2) is 13.8 Å². The first-order valence-electron chi connectivity index (χ1n) is 8.80. The third kappa shape index (κ3) is 3.16. The number of halogens is 2. The van der Waals surface area contributed by atoms with Crippen molar-refractivity contribution in [1.82, 2.24) is 9.88 Å². The molecule has 140 valence electrons. The Morgan fingerprint density at radius 2 is 1.63 bits per heavy atom. The molecular weight excluding hydrogens is 368 g/mol. The van der Waals surface area contributed by atoms with Crippen LogP contribution in [-0.2, 0) is 0 Å². The number of hydrogen-bond donors (Lipinski definition) is 0. The summed E-state index contributed by atoms with van der Waals surface area (Å²) in [7, 11) is 0. The lowest BCUT2D eigenvalue weighted by atomic mass is 10.1. The third-order valence-electron chi connectivity index (χ3n) is 4.94. The first-order valence-corrected chi connectivity index (χ1v) is 9.62. The Bertz CT molecular complexity index is 966. The molecule has 0 aliphatic carbocycles. The fourth-order valence-electron chi connectivity index (χ4n) is 3.34. The predicted octanol–water partition coefficient (Wildman–Crippen LogP) is 4.15. The van der Waals surface area contributed by atoms with Crippen LogP contribution in [0, 0.1) is 25.5 Å². The van der Waals surface area contributed by atoms with Gasteiger partial charge in [-0.15, -0.1) is 0 Å². The molecule has 1 aromatic heterocycles. The predicted molar refractivity (Wildman–Crippen MR) is 104 cm³/mol. The second kappa shape index (κ2) is 6.88. The molecule has 1 aliphatic rings. The number of carbonyl (C=O) groups excluding carboxylic acids is 1. The second-order valence-electron chi connectivity index (χ2n) is 6.75. The van der Waals surface area contributed by atoms with Crippen LogP contribution in [0.3, 0.4) is 0 Å². The van der Waals surface area contributed by atoms with E-state index in [9.17, 15) is 13.6 Å². The minimum atomic E-state index is -0.820. The van der Waals surface area contributed by atoms with Crippen molar-refractivity contribution in [3.05, 3.63) is 58.7 Å². The number of rotatable bonds is 2. The standard InChI is InChI=1S/C20H19F2N3OS/c1-12-6-7-13(2)18-17(12)23-20(27-18)25-10-8-24(9-11-25)19(26)16-14(21)4-3-5-15(16)22/h3-7H,8-11H2,1-2H3. The number of piperazine rings is 1. The first-order chi connectivity index (χ1) is 13.0. The zero-order chi connectivity index (χ0) is 19.1. The summed E-state index contributed by atoms with van der Waals surface area (Å²) in [5.74, 6) is -2.24. The van der Waals surface area contributed by atoms with Gasteiger partial charge in [-0.2, -0.15) is 0 Å². The Kier molecular flexibility index (Phi) is 4.55. The number of fused-ring (bicyclic) bond motifs is 1. The number of carbonyl (C=O) groups is 1. The van der Waals surface area contributed by atoms with Crippen LogP contribution in [0.4, 0.5) is 13.9 Å². The van der Waals surface area contributed by atoms with Crippen LogP contribution in [0.2, 0.25) is 0 Å². The highest BCUT2D eigenvalue weighted by Crippen LogP contribution is 2.33. The van der Waals surface area contributed by atoms with Crippen LogP contribution in [0.1, 0.15) is 21.5 Å². The van der Waals surface area contributed by atoms with E-state index in [1.807, 2.05) is 6.92 Å². The van der Waals surface area contributed by atoms with Gasteiger partial charge in [0, 0.05) is 26.2 Å². The zero-order valence-electron chi connectivity index (χ0n) is 15.1. The summed E-state index contributed by atoms with van der Waals surface area (Å²) >= 11 is 1.65. The maximum absolute atomic E-state index is 13.9. The van der Waals surface area contributed by atoms with Gasteiger partial charge in [0.05, 0.1) is 10.2 Å². The Labute approximate surface area is 160 Å². The molecule has 0 spiro atoms. The van der Waals surface area contributed by atoms with Crippen molar-refractivity contribution in [1.29, 1.82) is 0 Å². The first kappa shape index (κ1) is 17.9. The van der Waals surface area contributed by atoms with Gasteiger partial charge >= 0.3 is 0 Å².